The number of nitrogens with zero attached hydrogens (tertiary/aromatic N) is 4. The van der Waals surface area contributed by atoms with E-state index in [1.54, 1.807) is 12.1 Å². The molecule has 0 amide bonds. The molecule has 1 fully saturated rings. The van der Waals surface area contributed by atoms with Crippen LogP contribution < -0.4 is 20.3 Å². The first-order valence-corrected chi connectivity index (χ1v) is 15.1. The number of sulfonamides is 1. The second kappa shape index (κ2) is 11.5. The van der Waals surface area contributed by atoms with Crippen molar-refractivity contribution in [3.63, 3.8) is 0 Å². The number of rotatable bonds is 8. The monoisotopic (exact) mass is 590 g/mol. The molecule has 41 heavy (non-hydrogen) atoms. The van der Waals surface area contributed by atoms with Crippen LogP contribution in [0.5, 0.6) is 5.75 Å². The van der Waals surface area contributed by atoms with Crippen LogP contribution in [0.1, 0.15) is 28.4 Å². The summed E-state index contributed by atoms with van der Waals surface area (Å²) in [7, 11) is -0.629. The van der Waals surface area contributed by atoms with Gasteiger partial charge in [0, 0.05) is 51.2 Å². The first-order chi connectivity index (χ1) is 19.5. The van der Waals surface area contributed by atoms with Gasteiger partial charge >= 0.3 is 6.18 Å². The predicted molar refractivity (Wildman–Crippen MR) is 151 cm³/mol. The smallest absolute Gasteiger partial charge is 0.419 e. The molecule has 1 aromatic heterocycles. The molecule has 0 radical (unpaired) electrons. The van der Waals surface area contributed by atoms with E-state index in [-0.39, 0.29) is 18.1 Å². The van der Waals surface area contributed by atoms with E-state index in [1.807, 2.05) is 30.3 Å². The number of benzene rings is 2. The fraction of sp³-hybridized carbons (Fsp3) is 0.429. The van der Waals surface area contributed by atoms with Crippen molar-refractivity contribution in [1.82, 2.24) is 19.6 Å². The lowest BCUT2D eigenvalue weighted by atomic mass is 9.93. The van der Waals surface area contributed by atoms with Crippen LogP contribution in [0.3, 0.4) is 0 Å². The lowest BCUT2D eigenvalue weighted by molar-refractivity contribution is -0.138. The van der Waals surface area contributed by atoms with Gasteiger partial charge in [0.15, 0.2) is 0 Å². The number of piperazine rings is 1. The summed E-state index contributed by atoms with van der Waals surface area (Å²) in [6.45, 7) is 3.44. The molecular formula is C28H33F3N6O3S. The van der Waals surface area contributed by atoms with Crippen molar-refractivity contribution in [2.45, 2.75) is 25.1 Å². The van der Waals surface area contributed by atoms with Crippen molar-refractivity contribution in [1.29, 1.82) is 0 Å². The van der Waals surface area contributed by atoms with Gasteiger partial charge in [-0.2, -0.15) is 17.5 Å². The summed E-state index contributed by atoms with van der Waals surface area (Å²) >= 11 is 0. The Morgan fingerprint density at radius 1 is 1.17 bits per heavy atom. The van der Waals surface area contributed by atoms with E-state index in [9.17, 15) is 21.6 Å². The third-order valence-electron chi connectivity index (χ3n) is 7.76. The first kappa shape index (κ1) is 29.1. The summed E-state index contributed by atoms with van der Waals surface area (Å²) < 4.78 is 74.1. The van der Waals surface area contributed by atoms with Gasteiger partial charge < -0.3 is 20.3 Å². The number of nitrogens with one attached hydrogen (secondary N) is 2. The van der Waals surface area contributed by atoms with E-state index < -0.39 is 33.7 Å². The van der Waals surface area contributed by atoms with E-state index in [0.717, 1.165) is 55.4 Å². The number of alkyl halides is 3. The van der Waals surface area contributed by atoms with Crippen molar-refractivity contribution in [3.8, 4) is 5.75 Å². The Morgan fingerprint density at radius 3 is 2.59 bits per heavy atom. The number of methoxy groups -OCH3 is 1. The zero-order chi connectivity index (χ0) is 29.4. The minimum atomic E-state index is -4.68. The summed E-state index contributed by atoms with van der Waals surface area (Å²) in [6, 6.07) is 12.3. The van der Waals surface area contributed by atoms with Crippen LogP contribution in [0, 0.1) is 5.92 Å². The van der Waals surface area contributed by atoms with Crippen LogP contribution in [0.25, 0.3) is 0 Å². The summed E-state index contributed by atoms with van der Waals surface area (Å²) in [5.74, 6) is 0.0424. The quantitative estimate of drug-likeness (QED) is 0.406. The maximum atomic E-state index is 14.1. The van der Waals surface area contributed by atoms with Crippen LogP contribution in [0.15, 0.2) is 48.7 Å². The number of halogens is 3. The number of anilines is 3. The highest BCUT2D eigenvalue weighted by molar-refractivity contribution is 7.88. The molecular weight excluding hydrogens is 557 g/mol. The number of aromatic nitrogens is 2. The highest BCUT2D eigenvalue weighted by Gasteiger charge is 2.41. The molecule has 2 aliphatic rings. The molecule has 2 aromatic carbocycles. The molecule has 5 rings (SSSR count). The summed E-state index contributed by atoms with van der Waals surface area (Å²) in [4.78, 5) is 10.5. The lowest BCUT2D eigenvalue weighted by Crippen LogP contribution is -2.43. The SMILES string of the molecule is COc1cc(N2CCNCC2)ccc1Nc1ncc(C(F)(F)F)c(C[C@@H]2Cc3ccccc3[C@H]2N(C)S(C)(=O)=O)n1. The van der Waals surface area contributed by atoms with Crippen LogP contribution in [0.2, 0.25) is 0 Å². The maximum Gasteiger partial charge on any atom is 0.419 e. The van der Waals surface area contributed by atoms with Crippen molar-refractivity contribution >= 4 is 27.3 Å². The van der Waals surface area contributed by atoms with Gasteiger partial charge in [-0.05, 0) is 42.0 Å². The van der Waals surface area contributed by atoms with Crippen molar-refractivity contribution in [2.24, 2.45) is 5.92 Å². The van der Waals surface area contributed by atoms with Crippen molar-refractivity contribution in [3.05, 3.63) is 71.0 Å². The molecule has 0 bridgehead atoms. The molecule has 13 heteroatoms. The molecule has 9 nitrogen and oxygen atoms in total. The summed E-state index contributed by atoms with van der Waals surface area (Å²) in [5.41, 5.74) is 2.05. The highest BCUT2D eigenvalue weighted by Crippen LogP contribution is 2.43. The number of hydrogen-bond acceptors (Lipinski definition) is 8. The summed E-state index contributed by atoms with van der Waals surface area (Å²) in [5, 5.41) is 6.33. The molecule has 2 N–H and O–H groups in total. The number of fused-ring (bicyclic) bond motifs is 1. The Hall–Kier alpha value is -3.42. The Bertz CT molecular complexity index is 1510. The molecule has 1 aliphatic heterocycles. The van der Waals surface area contributed by atoms with Gasteiger partial charge in [-0.1, -0.05) is 24.3 Å². The van der Waals surface area contributed by atoms with E-state index in [4.69, 9.17) is 4.74 Å². The second-order valence-corrected chi connectivity index (χ2v) is 12.4. The average Bonchev–Trinajstić information content (AvgIpc) is 3.29. The zero-order valence-corrected chi connectivity index (χ0v) is 23.9. The Kier molecular flexibility index (Phi) is 8.13. The number of hydrogen-bond donors (Lipinski definition) is 2. The molecule has 1 aliphatic carbocycles. The molecule has 0 spiro atoms. The third kappa shape index (κ3) is 6.26. The number of ether oxygens (including phenoxy) is 1. The summed E-state index contributed by atoms with van der Waals surface area (Å²) in [6.07, 6.45) is -2.47. The third-order valence-corrected chi connectivity index (χ3v) is 9.03. The van der Waals surface area contributed by atoms with Gasteiger partial charge in [0.25, 0.3) is 0 Å². The normalized spacial score (nSPS) is 19.3. The zero-order valence-electron chi connectivity index (χ0n) is 23.1. The maximum absolute atomic E-state index is 14.1. The average molecular weight is 591 g/mol. The molecule has 2 atom stereocenters. The topological polar surface area (TPSA) is 99.7 Å². The van der Waals surface area contributed by atoms with Gasteiger partial charge in [0.2, 0.25) is 16.0 Å². The van der Waals surface area contributed by atoms with Gasteiger partial charge in [-0.15, -0.1) is 0 Å². The Labute approximate surface area is 237 Å². The molecule has 3 aromatic rings. The minimum Gasteiger partial charge on any atom is -0.494 e. The van der Waals surface area contributed by atoms with Gasteiger partial charge in [-0.25, -0.2) is 18.4 Å². The molecule has 2 heterocycles. The fourth-order valence-electron chi connectivity index (χ4n) is 5.68. The Balaban J connectivity index is 1.46. The second-order valence-electron chi connectivity index (χ2n) is 10.4. The van der Waals surface area contributed by atoms with Crippen LogP contribution in [-0.2, 0) is 29.0 Å². The van der Waals surface area contributed by atoms with Gasteiger partial charge in [-0.3, -0.25) is 0 Å². The lowest BCUT2D eigenvalue weighted by Gasteiger charge is -2.30. The van der Waals surface area contributed by atoms with Crippen LogP contribution in [0.4, 0.5) is 30.5 Å². The fourth-order valence-corrected chi connectivity index (χ4v) is 6.38. The van der Waals surface area contributed by atoms with Crippen molar-refractivity contribution < 1.29 is 26.3 Å². The van der Waals surface area contributed by atoms with Gasteiger partial charge in [0.1, 0.15) is 5.75 Å². The molecule has 220 valence electrons. The molecule has 1 saturated heterocycles. The van der Waals surface area contributed by atoms with Gasteiger partial charge in [0.05, 0.1) is 36.4 Å². The highest BCUT2D eigenvalue weighted by atomic mass is 32.2. The largest absolute Gasteiger partial charge is 0.494 e. The van der Waals surface area contributed by atoms with Crippen LogP contribution in [-0.4, -0.2) is 69.3 Å². The van der Waals surface area contributed by atoms with Crippen LogP contribution >= 0.6 is 0 Å². The first-order valence-electron chi connectivity index (χ1n) is 13.3. The van der Waals surface area contributed by atoms with E-state index in [2.05, 4.69) is 25.5 Å². The van der Waals surface area contributed by atoms with E-state index in [1.165, 1.54) is 18.5 Å². The molecule has 0 unspecified atom stereocenters. The van der Waals surface area contributed by atoms with Crippen molar-refractivity contribution in [2.75, 3.05) is 56.8 Å². The van der Waals surface area contributed by atoms with E-state index >= 15 is 0 Å². The van der Waals surface area contributed by atoms with E-state index in [0.29, 0.717) is 17.9 Å². The Morgan fingerprint density at radius 2 is 1.90 bits per heavy atom. The predicted octanol–water partition coefficient (Wildman–Crippen LogP) is 4.00. The standard InChI is InChI=1S/C28H33F3N6O3S/c1-36(41(3,38)39)26-19(14-18-6-4-5-7-21(18)26)15-24-22(28(29,30)31)17-33-27(35-24)34-23-9-8-20(16-25(23)40-2)37-12-10-32-11-13-37/h4-9,16-17,19,26,32H,10-15H2,1-3H3,(H,33,34,35)/t19-,26-/m0/s1. The minimum absolute atomic E-state index is 0.00949. The molecule has 0 saturated carbocycles.